The van der Waals surface area contributed by atoms with Crippen LogP contribution in [0.25, 0.3) is 77.3 Å². The summed E-state index contributed by atoms with van der Waals surface area (Å²) >= 11 is 0. The summed E-state index contributed by atoms with van der Waals surface area (Å²) in [6.07, 6.45) is 2.14. The first-order chi connectivity index (χ1) is 40.7. The van der Waals surface area contributed by atoms with E-state index in [9.17, 15) is 0 Å². The minimum atomic E-state index is 0.00658. The highest BCUT2D eigenvalue weighted by molar-refractivity contribution is 6.97. The molecule has 1 aromatic heterocycles. The number of hydrogen-bond acceptors (Lipinski definition) is 2. The molecule has 0 radical (unpaired) electrons. The van der Waals surface area contributed by atoms with E-state index in [-0.39, 0.29) is 6.71 Å². The summed E-state index contributed by atoms with van der Waals surface area (Å²) in [6.45, 7) is 29.2. The van der Waals surface area contributed by atoms with Crippen molar-refractivity contribution in [2.24, 2.45) is 0 Å². The van der Waals surface area contributed by atoms with Crippen molar-refractivity contribution in [2.45, 2.75) is 89.6 Å². The van der Waals surface area contributed by atoms with Crippen LogP contribution in [0, 0.1) is 83.1 Å². The first-order valence-corrected chi connectivity index (χ1v) is 29.7. The van der Waals surface area contributed by atoms with Gasteiger partial charge in [0.15, 0.2) is 12.7 Å². The minimum absolute atomic E-state index is 0.00658. The van der Waals surface area contributed by atoms with E-state index in [0.29, 0.717) is 0 Å². The van der Waals surface area contributed by atoms with Crippen LogP contribution in [0.2, 0.25) is 0 Å². The summed E-state index contributed by atoms with van der Waals surface area (Å²) in [5.74, 6) is 3.24. The van der Waals surface area contributed by atoms with Gasteiger partial charge in [0.1, 0.15) is 23.0 Å². The maximum Gasteiger partial charge on any atom is 0.243 e. The zero-order chi connectivity index (χ0) is 58.2. The Morgan fingerprint density at radius 2 is 0.738 bits per heavy atom. The van der Waals surface area contributed by atoms with Gasteiger partial charge in [-0.05, 0) is 243 Å². The van der Waals surface area contributed by atoms with Crippen LogP contribution in [-0.4, -0.2) is 6.71 Å². The topological polar surface area (TPSA) is 22.3 Å². The SMILES string of the molecule is Cc1c(C)c(-c2ccccc2)c(C)c(C)c1B(c1c(C)c(C)c(-c2ccccc2)c(C)c1C)c1c(C)c(C)c(-c2ccc(Oc3ccc4cccc(-c5cccc6cc(Oc7ccc8c(c7)-c7cccc[n+]7C8)ccc56)c4c3)cc2)c(C)c1C. The number of rotatable bonds is 11. The molecule has 3 nitrogen and oxygen atoms in total. The molecule has 1 aliphatic heterocycles. The second kappa shape index (κ2) is 21.5. The third-order valence-corrected chi connectivity index (χ3v) is 19.3. The van der Waals surface area contributed by atoms with Gasteiger partial charge in [-0.15, -0.1) is 0 Å². The van der Waals surface area contributed by atoms with Gasteiger partial charge in [-0.3, -0.25) is 0 Å². The zero-order valence-corrected chi connectivity index (χ0v) is 50.6. The van der Waals surface area contributed by atoms with Crippen molar-refractivity contribution in [1.29, 1.82) is 0 Å². The predicted octanol–water partition coefficient (Wildman–Crippen LogP) is 18.8. The Balaban J connectivity index is 0.838. The quantitative estimate of drug-likeness (QED) is 0.0951. The highest BCUT2D eigenvalue weighted by Crippen LogP contribution is 2.41. The molecule has 1 aliphatic rings. The van der Waals surface area contributed by atoms with Gasteiger partial charge in [-0.2, -0.15) is 4.57 Å². The molecule has 0 saturated carbocycles. The number of hydrogen-bond donors (Lipinski definition) is 0. The summed E-state index contributed by atoms with van der Waals surface area (Å²) in [7, 11) is 0. The largest absolute Gasteiger partial charge is 0.457 e. The fraction of sp³-hybridized carbons (Fsp3) is 0.163. The van der Waals surface area contributed by atoms with Crippen molar-refractivity contribution < 1.29 is 14.0 Å². The smallest absolute Gasteiger partial charge is 0.243 e. The lowest BCUT2D eigenvalue weighted by atomic mass is 9.32. The van der Waals surface area contributed by atoms with Crippen LogP contribution in [0.4, 0.5) is 0 Å². The molecule has 84 heavy (non-hydrogen) atoms. The van der Waals surface area contributed by atoms with Crippen LogP contribution in [-0.2, 0) is 6.54 Å². The standard InChI is InChI=1S/C80H71BNO2/c1-47-53(7)78(54(8)48(2)75(47)60-23-15-13-16-24-60)81(79-55(9)49(3)76(50(4)56(79)10)61-25-17-14-18-26-61)80-57(11)51(5)77(52(6)58(80)12)62-33-36-65(37-34-62)83-67-38-32-59-27-21-30-71(72(59)44-67)70-29-22-28-63-43-66(40-41-69(63)70)84-68-39-35-64-46-82-42-20-19-31-74(82)73(64)45-68/h13-45H,46H2,1-12H3/q+1. The molecule has 13 rings (SSSR count). The molecule has 0 fully saturated rings. The Bertz CT molecular complexity index is 4440. The van der Waals surface area contributed by atoms with Gasteiger partial charge in [0.05, 0.1) is 5.56 Å². The molecule has 12 aromatic rings. The van der Waals surface area contributed by atoms with Crippen LogP contribution >= 0.6 is 0 Å². The molecule has 4 heteroatoms. The molecule has 2 heterocycles. The van der Waals surface area contributed by atoms with Gasteiger partial charge < -0.3 is 9.47 Å². The van der Waals surface area contributed by atoms with E-state index in [4.69, 9.17) is 9.47 Å². The minimum Gasteiger partial charge on any atom is -0.457 e. The fourth-order valence-electron chi connectivity index (χ4n) is 14.4. The summed E-state index contributed by atoms with van der Waals surface area (Å²) in [4.78, 5) is 0. The number of pyridine rings is 1. The highest BCUT2D eigenvalue weighted by Gasteiger charge is 2.36. The van der Waals surface area contributed by atoms with Crippen molar-refractivity contribution in [3.8, 4) is 78.8 Å². The molecule has 0 bridgehead atoms. The predicted molar refractivity (Wildman–Crippen MR) is 355 cm³/mol. The molecular formula is C80H71BNO2+. The molecule has 0 saturated heterocycles. The average molecular weight is 1090 g/mol. The first-order valence-electron chi connectivity index (χ1n) is 29.7. The van der Waals surface area contributed by atoms with Crippen LogP contribution in [0.3, 0.4) is 0 Å². The van der Waals surface area contributed by atoms with Gasteiger partial charge in [0, 0.05) is 17.7 Å². The number of fused-ring (bicyclic) bond motifs is 5. The average Bonchev–Trinajstić information content (AvgIpc) is 2.83. The van der Waals surface area contributed by atoms with E-state index >= 15 is 0 Å². The number of ether oxygens (including phenoxy) is 2. The van der Waals surface area contributed by atoms with E-state index < -0.39 is 0 Å². The molecule has 0 unspecified atom stereocenters. The van der Waals surface area contributed by atoms with Crippen LogP contribution < -0.4 is 30.4 Å². The van der Waals surface area contributed by atoms with E-state index in [2.05, 4.69) is 288 Å². The third-order valence-electron chi connectivity index (χ3n) is 19.3. The van der Waals surface area contributed by atoms with Crippen molar-refractivity contribution in [2.75, 3.05) is 0 Å². The van der Waals surface area contributed by atoms with Crippen molar-refractivity contribution in [3.63, 3.8) is 0 Å². The number of nitrogens with zero attached hydrogens (tertiary/aromatic N) is 1. The summed E-state index contributed by atoms with van der Waals surface area (Å²) in [5.41, 5.74) is 34.2. The Hall–Kier alpha value is -9.25. The second-order valence-corrected chi connectivity index (χ2v) is 23.7. The molecule has 0 spiro atoms. The lowest BCUT2D eigenvalue weighted by Crippen LogP contribution is -2.58. The van der Waals surface area contributed by atoms with E-state index in [1.807, 2.05) is 0 Å². The highest BCUT2D eigenvalue weighted by atomic mass is 16.5. The Labute approximate surface area is 497 Å². The molecular weight excluding hydrogens is 1020 g/mol. The van der Waals surface area contributed by atoms with Gasteiger partial charge in [-0.25, -0.2) is 0 Å². The summed E-state index contributed by atoms with van der Waals surface area (Å²) in [6, 6.07) is 69.5. The molecule has 0 aliphatic carbocycles. The van der Waals surface area contributed by atoms with Crippen molar-refractivity contribution in [3.05, 3.63) is 273 Å². The molecule has 11 aromatic carbocycles. The molecule has 0 atom stereocenters. The summed E-state index contributed by atoms with van der Waals surface area (Å²) in [5, 5.41) is 4.58. The normalized spacial score (nSPS) is 11.8. The Kier molecular flexibility index (Phi) is 13.8. The van der Waals surface area contributed by atoms with Gasteiger partial charge in [0.2, 0.25) is 12.4 Å². The van der Waals surface area contributed by atoms with Crippen LogP contribution in [0.5, 0.6) is 23.0 Å². The fourth-order valence-corrected chi connectivity index (χ4v) is 14.4. The lowest BCUT2D eigenvalue weighted by molar-refractivity contribution is -0.672. The van der Waals surface area contributed by atoms with E-state index in [1.54, 1.807) is 0 Å². The molecule has 410 valence electrons. The lowest BCUT2D eigenvalue weighted by Gasteiger charge is -2.33. The third kappa shape index (κ3) is 9.11. The maximum absolute atomic E-state index is 6.77. The van der Waals surface area contributed by atoms with Crippen molar-refractivity contribution >= 4 is 44.6 Å². The van der Waals surface area contributed by atoms with E-state index in [1.165, 1.54) is 144 Å². The van der Waals surface area contributed by atoms with Gasteiger partial charge in [0.25, 0.3) is 0 Å². The second-order valence-electron chi connectivity index (χ2n) is 23.7. The first kappa shape index (κ1) is 54.0. The summed E-state index contributed by atoms with van der Waals surface area (Å²) < 4.78 is 15.6. The molecule has 0 amide bonds. The van der Waals surface area contributed by atoms with Crippen LogP contribution in [0.1, 0.15) is 72.3 Å². The maximum atomic E-state index is 6.77. The zero-order valence-electron chi connectivity index (χ0n) is 50.6. The van der Waals surface area contributed by atoms with Gasteiger partial charge in [-0.1, -0.05) is 171 Å². The monoisotopic (exact) mass is 1090 g/mol. The Morgan fingerprint density at radius 3 is 1.29 bits per heavy atom. The van der Waals surface area contributed by atoms with Crippen LogP contribution in [0.15, 0.2) is 200 Å². The Morgan fingerprint density at radius 1 is 0.310 bits per heavy atom. The van der Waals surface area contributed by atoms with Crippen molar-refractivity contribution in [1.82, 2.24) is 0 Å². The van der Waals surface area contributed by atoms with E-state index in [0.717, 1.165) is 51.3 Å². The number of aromatic nitrogens is 1. The van der Waals surface area contributed by atoms with Gasteiger partial charge >= 0.3 is 0 Å². The number of benzene rings is 11. The molecule has 0 N–H and O–H groups in total.